The molecule has 15 heteroatoms. The number of carboxylic acid groups (broad SMARTS) is 1. The molecule has 0 amide bonds. The molecule has 5 rings (SSSR count). The van der Waals surface area contributed by atoms with Gasteiger partial charge in [0.15, 0.2) is 11.5 Å². The predicted molar refractivity (Wildman–Crippen MR) is 137 cm³/mol. The summed E-state index contributed by atoms with van der Waals surface area (Å²) < 4.78 is 48.0. The number of hydrogen-bond acceptors (Lipinski definition) is 8. The smallest absolute Gasteiger partial charge is 0.434 e. The van der Waals surface area contributed by atoms with Crippen molar-refractivity contribution in [3.63, 3.8) is 0 Å². The molecule has 0 unspecified atom stereocenters. The number of benzene rings is 1. The van der Waals surface area contributed by atoms with E-state index in [0.29, 0.717) is 35.3 Å². The third-order valence-corrected chi connectivity index (χ3v) is 7.01. The molecule has 1 aliphatic rings. The fraction of sp³-hybridized carbons (Fsp3) is 0.320. The zero-order chi connectivity index (χ0) is 28.6. The molecule has 210 valence electrons. The number of aliphatic hydroxyl groups is 1. The van der Waals surface area contributed by atoms with Gasteiger partial charge in [0.05, 0.1) is 33.8 Å². The first-order chi connectivity index (χ1) is 19.0. The molecule has 0 radical (unpaired) electrons. The lowest BCUT2D eigenvalue weighted by Gasteiger charge is -2.32. The van der Waals surface area contributed by atoms with E-state index in [-0.39, 0.29) is 28.2 Å². The lowest BCUT2D eigenvalue weighted by atomic mass is 9.97. The second kappa shape index (κ2) is 11.2. The molecule has 0 bridgehead atoms. The molecule has 1 saturated heterocycles. The largest absolute Gasteiger partial charge is 0.481 e. The van der Waals surface area contributed by atoms with Gasteiger partial charge in [-0.15, -0.1) is 0 Å². The third kappa shape index (κ3) is 5.82. The van der Waals surface area contributed by atoms with Gasteiger partial charge in [-0.2, -0.15) is 23.3 Å². The summed E-state index contributed by atoms with van der Waals surface area (Å²) in [5.74, 6) is -1.97. The summed E-state index contributed by atoms with van der Waals surface area (Å²) in [5, 5.41) is 27.6. The van der Waals surface area contributed by atoms with Crippen LogP contribution in [0.2, 0.25) is 10.0 Å². The van der Waals surface area contributed by atoms with Crippen molar-refractivity contribution in [3.05, 3.63) is 64.0 Å². The van der Waals surface area contributed by atoms with Crippen LogP contribution in [-0.2, 0) is 11.0 Å². The maximum Gasteiger partial charge on any atom is 0.434 e. The summed E-state index contributed by atoms with van der Waals surface area (Å²) in [6, 6.07) is 7.74. The van der Waals surface area contributed by atoms with E-state index in [9.17, 15) is 28.2 Å². The molecule has 1 fully saturated rings. The lowest BCUT2D eigenvalue weighted by Crippen LogP contribution is -2.40. The highest BCUT2D eigenvalue weighted by Gasteiger charge is 2.41. The molecule has 0 spiro atoms. The Morgan fingerprint density at radius 2 is 1.95 bits per heavy atom. The molecule has 4 heterocycles. The SMILES string of the molecule is O=C(O)[C@H]1CCCN(C[C@@H](O)c2ccc(-c3noc(-c4cnn(-c5ncc(Cl)cc5Cl)c4C(F)(F)F)n3)cc2)C1. The van der Waals surface area contributed by atoms with Crippen molar-refractivity contribution in [2.75, 3.05) is 19.6 Å². The molecular formula is C25H21Cl2F3N6O4. The average molecular weight is 597 g/mol. The van der Waals surface area contributed by atoms with Crippen molar-refractivity contribution in [1.29, 1.82) is 0 Å². The Kier molecular flexibility index (Phi) is 7.82. The zero-order valence-corrected chi connectivity index (χ0v) is 22.0. The molecule has 40 heavy (non-hydrogen) atoms. The number of hydrogen-bond donors (Lipinski definition) is 2. The zero-order valence-electron chi connectivity index (χ0n) is 20.5. The normalized spacial score (nSPS) is 17.2. The van der Waals surface area contributed by atoms with Gasteiger partial charge in [-0.05, 0) is 31.0 Å². The molecule has 1 aromatic carbocycles. The van der Waals surface area contributed by atoms with Crippen molar-refractivity contribution < 1.29 is 32.7 Å². The topological polar surface area (TPSA) is 130 Å². The van der Waals surface area contributed by atoms with E-state index in [2.05, 4.69) is 20.2 Å². The minimum atomic E-state index is -4.87. The molecule has 10 nitrogen and oxygen atoms in total. The van der Waals surface area contributed by atoms with E-state index in [0.717, 1.165) is 18.8 Å². The van der Waals surface area contributed by atoms with Crippen LogP contribution < -0.4 is 0 Å². The van der Waals surface area contributed by atoms with Gasteiger partial charge < -0.3 is 14.7 Å². The predicted octanol–water partition coefficient (Wildman–Crippen LogP) is 5.14. The number of aliphatic carboxylic acids is 1. The van der Waals surface area contributed by atoms with Crippen LogP contribution in [0.5, 0.6) is 0 Å². The summed E-state index contributed by atoms with van der Waals surface area (Å²) in [6.07, 6.45) is -2.31. The van der Waals surface area contributed by atoms with Gasteiger partial charge in [-0.1, -0.05) is 52.6 Å². The van der Waals surface area contributed by atoms with Crippen molar-refractivity contribution in [2.24, 2.45) is 5.92 Å². The van der Waals surface area contributed by atoms with Crippen LogP contribution in [0, 0.1) is 5.92 Å². The Hall–Kier alpha value is -3.52. The number of carboxylic acids is 1. The molecular weight excluding hydrogens is 576 g/mol. The standard InChI is InChI=1S/C25H21Cl2F3N6O4/c26-16-8-18(27)22(31-9-16)36-20(25(28,29)30)17(10-32-36)23-33-21(34-40-23)14-5-3-13(4-6-14)19(37)12-35-7-1-2-15(11-35)24(38)39/h3-6,8-10,15,19,37H,1-2,7,11-12H2,(H,38,39)/t15-,19+/m0/s1. The van der Waals surface area contributed by atoms with Crippen molar-refractivity contribution in [2.45, 2.75) is 25.1 Å². The fourth-order valence-corrected chi connectivity index (χ4v) is 5.04. The number of alkyl halides is 3. The molecule has 2 N–H and O–H groups in total. The maximum atomic E-state index is 14.1. The molecule has 1 aliphatic heterocycles. The number of rotatable bonds is 7. The highest BCUT2D eigenvalue weighted by atomic mass is 35.5. The van der Waals surface area contributed by atoms with Gasteiger partial charge in [0.2, 0.25) is 5.82 Å². The van der Waals surface area contributed by atoms with E-state index >= 15 is 0 Å². The summed E-state index contributed by atoms with van der Waals surface area (Å²) in [7, 11) is 0. The summed E-state index contributed by atoms with van der Waals surface area (Å²) in [5.41, 5.74) is -0.649. The first-order valence-electron chi connectivity index (χ1n) is 12.1. The highest BCUT2D eigenvalue weighted by Crippen LogP contribution is 2.39. The number of likely N-dealkylation sites (tertiary alicyclic amines) is 1. The monoisotopic (exact) mass is 596 g/mol. The second-order valence-corrected chi connectivity index (χ2v) is 10.1. The quantitative estimate of drug-likeness (QED) is 0.298. The first kappa shape index (κ1) is 28.0. The first-order valence-corrected chi connectivity index (χ1v) is 12.8. The van der Waals surface area contributed by atoms with Crippen LogP contribution in [0.3, 0.4) is 0 Å². The number of halogens is 5. The van der Waals surface area contributed by atoms with E-state index in [1.807, 2.05) is 4.90 Å². The minimum absolute atomic E-state index is 0.0277. The van der Waals surface area contributed by atoms with Gasteiger partial charge >= 0.3 is 12.1 Å². The van der Waals surface area contributed by atoms with E-state index in [1.165, 1.54) is 6.07 Å². The third-order valence-electron chi connectivity index (χ3n) is 6.52. The van der Waals surface area contributed by atoms with Crippen LogP contribution in [0.4, 0.5) is 13.2 Å². The van der Waals surface area contributed by atoms with Crippen LogP contribution in [0.1, 0.15) is 30.2 Å². The van der Waals surface area contributed by atoms with Gasteiger partial charge in [0.25, 0.3) is 5.89 Å². The van der Waals surface area contributed by atoms with Crippen LogP contribution in [-0.4, -0.2) is 65.6 Å². The van der Waals surface area contributed by atoms with Gasteiger partial charge in [0.1, 0.15) is 0 Å². The molecule has 0 saturated carbocycles. The highest BCUT2D eigenvalue weighted by molar-refractivity contribution is 6.35. The lowest BCUT2D eigenvalue weighted by molar-refractivity contribution is -0.144. The number of aliphatic hydroxyl groups excluding tert-OH is 1. The van der Waals surface area contributed by atoms with Crippen molar-refractivity contribution >= 4 is 29.2 Å². The van der Waals surface area contributed by atoms with E-state index in [4.69, 9.17) is 27.7 Å². The number of β-amino-alcohol motifs (C(OH)–C–C–N with tert-alkyl or cyclic N) is 1. The van der Waals surface area contributed by atoms with Gasteiger partial charge in [-0.25, -0.2) is 9.67 Å². The Labute approximate surface area is 235 Å². The Bertz CT molecular complexity index is 1530. The average Bonchev–Trinajstić information content (AvgIpc) is 3.57. The van der Waals surface area contributed by atoms with Crippen LogP contribution in [0.25, 0.3) is 28.7 Å². The summed E-state index contributed by atoms with van der Waals surface area (Å²) in [6.45, 7) is 1.33. The molecule has 0 aliphatic carbocycles. The number of aromatic nitrogens is 5. The van der Waals surface area contributed by atoms with Crippen molar-refractivity contribution in [3.8, 4) is 28.7 Å². The molecule has 2 atom stereocenters. The van der Waals surface area contributed by atoms with Gasteiger partial charge in [0, 0.05) is 24.8 Å². The molecule has 4 aromatic rings. The van der Waals surface area contributed by atoms with E-state index in [1.54, 1.807) is 24.3 Å². The van der Waals surface area contributed by atoms with E-state index < -0.39 is 41.3 Å². The number of pyridine rings is 1. The Morgan fingerprint density at radius 3 is 2.62 bits per heavy atom. The number of carbonyl (C=O) groups is 1. The summed E-state index contributed by atoms with van der Waals surface area (Å²) in [4.78, 5) is 21.2. The molecule has 3 aromatic heterocycles. The fourth-order valence-electron chi connectivity index (χ4n) is 4.58. The van der Waals surface area contributed by atoms with Gasteiger partial charge in [-0.3, -0.25) is 9.69 Å². The minimum Gasteiger partial charge on any atom is -0.481 e. The Balaban J connectivity index is 1.36. The van der Waals surface area contributed by atoms with Crippen molar-refractivity contribution in [1.82, 2.24) is 29.8 Å². The summed E-state index contributed by atoms with van der Waals surface area (Å²) >= 11 is 11.9. The Morgan fingerprint density at radius 1 is 1.20 bits per heavy atom. The maximum absolute atomic E-state index is 14.1. The second-order valence-electron chi connectivity index (χ2n) is 9.27. The number of piperidine rings is 1. The van der Waals surface area contributed by atoms with Crippen LogP contribution in [0.15, 0.2) is 47.2 Å². The van der Waals surface area contributed by atoms with Crippen LogP contribution >= 0.6 is 23.2 Å². The number of nitrogens with zero attached hydrogens (tertiary/aromatic N) is 6.